The predicted octanol–water partition coefficient (Wildman–Crippen LogP) is 3.92. The molecule has 128 valence electrons. The van der Waals surface area contributed by atoms with E-state index in [-0.39, 0.29) is 17.6 Å². The number of halogens is 1. The second-order valence-electron chi connectivity index (χ2n) is 6.36. The lowest BCUT2D eigenvalue weighted by Crippen LogP contribution is -2.65. The van der Waals surface area contributed by atoms with Gasteiger partial charge in [-0.2, -0.15) is 0 Å². The van der Waals surface area contributed by atoms with Crippen LogP contribution in [-0.2, 0) is 0 Å². The summed E-state index contributed by atoms with van der Waals surface area (Å²) in [5.74, 6) is -0.330. The summed E-state index contributed by atoms with van der Waals surface area (Å²) in [6, 6.07) is 11.5. The van der Waals surface area contributed by atoms with Crippen molar-refractivity contribution in [3.05, 3.63) is 58.1 Å². The third-order valence-electron chi connectivity index (χ3n) is 4.59. The van der Waals surface area contributed by atoms with Crippen LogP contribution in [0.25, 0.3) is 0 Å². The van der Waals surface area contributed by atoms with Gasteiger partial charge in [-0.05, 0) is 43.3 Å². The van der Waals surface area contributed by atoms with E-state index in [0.717, 1.165) is 10.0 Å². The first-order chi connectivity index (χ1) is 11.9. The van der Waals surface area contributed by atoms with Gasteiger partial charge in [0.15, 0.2) is 5.72 Å². The van der Waals surface area contributed by atoms with Crippen molar-refractivity contribution in [1.29, 1.82) is 0 Å². The summed E-state index contributed by atoms with van der Waals surface area (Å²) in [5.41, 5.74) is 0.638. The van der Waals surface area contributed by atoms with Gasteiger partial charge in [0, 0.05) is 16.5 Å². The molecular formula is C18H15BrN2O4. The molecule has 7 heteroatoms. The molecule has 2 N–H and O–H groups in total. The van der Waals surface area contributed by atoms with Gasteiger partial charge in [0.2, 0.25) is 0 Å². The number of carboxylic acids is 1. The number of ether oxygens (including phenoxy) is 1. The lowest BCUT2D eigenvalue weighted by atomic mass is 9.90. The Morgan fingerprint density at radius 1 is 1.36 bits per heavy atom. The summed E-state index contributed by atoms with van der Waals surface area (Å²) < 4.78 is 7.10. The number of hydrogen-bond donors (Lipinski definition) is 2. The van der Waals surface area contributed by atoms with Crippen LogP contribution in [0.3, 0.4) is 0 Å². The van der Waals surface area contributed by atoms with Gasteiger partial charge in [0.25, 0.3) is 0 Å². The number of carbonyl (C=O) groups excluding carboxylic acids is 1. The van der Waals surface area contributed by atoms with E-state index in [0.29, 0.717) is 17.9 Å². The Bertz CT molecular complexity index is 900. The summed E-state index contributed by atoms with van der Waals surface area (Å²) in [6.45, 7) is 1.84. The number of nitrogens with zero attached hydrogens (tertiary/aromatic N) is 1. The highest BCUT2D eigenvalue weighted by Gasteiger charge is 2.49. The molecule has 1 saturated heterocycles. The number of aromatic carboxylic acids is 1. The molecule has 0 radical (unpaired) electrons. The average Bonchev–Trinajstić information content (AvgIpc) is 2.55. The SMILES string of the molecule is C[C@]12C[C@H](NC(=O)N1c1cccc(C(=O)O)c1)c1cc(Br)ccc1O2. The standard InChI is InChI=1S/C18H15BrN2O4/c1-18-9-14(13-8-11(19)5-6-15(13)25-18)20-17(24)21(18)12-4-2-3-10(7-12)16(22)23/h2-8,14H,9H2,1H3,(H,20,24)(H,22,23)/t14-,18-/m0/s1. The lowest BCUT2D eigenvalue weighted by molar-refractivity contribution is 0.0377. The number of carboxylic acid groups (broad SMARTS) is 1. The van der Waals surface area contributed by atoms with Crippen molar-refractivity contribution in [2.75, 3.05) is 4.90 Å². The Kier molecular flexibility index (Phi) is 3.50. The van der Waals surface area contributed by atoms with Gasteiger partial charge in [-0.3, -0.25) is 4.90 Å². The summed E-state index contributed by atoms with van der Waals surface area (Å²) in [5, 5.41) is 12.2. The Labute approximate surface area is 152 Å². The number of hydrogen-bond acceptors (Lipinski definition) is 3. The Hall–Kier alpha value is -2.54. The largest absolute Gasteiger partial charge is 0.478 e. The van der Waals surface area contributed by atoms with E-state index in [9.17, 15) is 14.7 Å². The highest BCUT2D eigenvalue weighted by Crippen LogP contribution is 2.46. The quantitative estimate of drug-likeness (QED) is 0.797. The van der Waals surface area contributed by atoms with Crippen molar-refractivity contribution in [2.45, 2.75) is 25.1 Å². The highest BCUT2D eigenvalue weighted by atomic mass is 79.9. The predicted molar refractivity (Wildman–Crippen MR) is 94.9 cm³/mol. The molecule has 6 nitrogen and oxygen atoms in total. The molecule has 0 saturated carbocycles. The summed E-state index contributed by atoms with van der Waals surface area (Å²) in [7, 11) is 0. The molecule has 2 aliphatic rings. The summed E-state index contributed by atoms with van der Waals surface area (Å²) in [6.07, 6.45) is 0.555. The lowest BCUT2D eigenvalue weighted by Gasteiger charge is -2.50. The van der Waals surface area contributed by atoms with E-state index < -0.39 is 11.7 Å². The van der Waals surface area contributed by atoms with Crippen LogP contribution in [0.4, 0.5) is 10.5 Å². The van der Waals surface area contributed by atoms with Crippen LogP contribution in [0.1, 0.15) is 35.3 Å². The van der Waals surface area contributed by atoms with E-state index in [1.807, 2.05) is 25.1 Å². The molecule has 2 heterocycles. The van der Waals surface area contributed by atoms with Crippen molar-refractivity contribution in [3.63, 3.8) is 0 Å². The number of anilines is 1. The maximum atomic E-state index is 12.8. The summed E-state index contributed by atoms with van der Waals surface area (Å²) >= 11 is 3.44. The van der Waals surface area contributed by atoms with Crippen molar-refractivity contribution in [1.82, 2.24) is 5.32 Å². The minimum Gasteiger partial charge on any atom is -0.478 e. The molecule has 2 atom stereocenters. The molecule has 0 aromatic heterocycles. The minimum absolute atomic E-state index is 0.121. The van der Waals surface area contributed by atoms with Crippen LogP contribution >= 0.6 is 15.9 Å². The molecule has 2 amide bonds. The second-order valence-corrected chi connectivity index (χ2v) is 7.27. The van der Waals surface area contributed by atoms with Crippen molar-refractivity contribution >= 4 is 33.6 Å². The van der Waals surface area contributed by atoms with Gasteiger partial charge in [-0.15, -0.1) is 0 Å². The van der Waals surface area contributed by atoms with Crippen molar-refractivity contribution in [2.24, 2.45) is 0 Å². The molecule has 4 rings (SSSR count). The molecule has 25 heavy (non-hydrogen) atoms. The molecule has 2 aromatic rings. The maximum Gasteiger partial charge on any atom is 0.335 e. The van der Waals surface area contributed by atoms with E-state index in [1.165, 1.54) is 17.0 Å². The first-order valence-electron chi connectivity index (χ1n) is 7.80. The van der Waals surface area contributed by atoms with E-state index in [1.54, 1.807) is 12.1 Å². The molecule has 1 fully saturated rings. The van der Waals surface area contributed by atoms with Crippen LogP contribution in [0, 0.1) is 0 Å². The zero-order chi connectivity index (χ0) is 17.8. The first kappa shape index (κ1) is 16.0. The van der Waals surface area contributed by atoms with Gasteiger partial charge < -0.3 is 15.2 Å². The smallest absolute Gasteiger partial charge is 0.335 e. The fraction of sp³-hybridized carbons (Fsp3) is 0.222. The third kappa shape index (κ3) is 2.55. The third-order valence-corrected chi connectivity index (χ3v) is 5.08. The van der Waals surface area contributed by atoms with Gasteiger partial charge >= 0.3 is 12.0 Å². The molecule has 2 aromatic carbocycles. The first-order valence-corrected chi connectivity index (χ1v) is 8.59. The summed E-state index contributed by atoms with van der Waals surface area (Å²) in [4.78, 5) is 25.5. The maximum absolute atomic E-state index is 12.8. The Balaban J connectivity index is 1.79. The molecular weight excluding hydrogens is 388 g/mol. The van der Waals surface area contributed by atoms with Crippen molar-refractivity contribution in [3.8, 4) is 5.75 Å². The van der Waals surface area contributed by atoms with Crippen LogP contribution in [0.2, 0.25) is 0 Å². The van der Waals surface area contributed by atoms with E-state index >= 15 is 0 Å². The fourth-order valence-electron chi connectivity index (χ4n) is 3.51. The molecule has 0 aliphatic carbocycles. The number of carbonyl (C=O) groups is 2. The second kappa shape index (κ2) is 5.49. The average molecular weight is 403 g/mol. The molecule has 0 spiro atoms. The van der Waals surface area contributed by atoms with Crippen LogP contribution in [0.5, 0.6) is 5.75 Å². The minimum atomic E-state index is -1.04. The van der Waals surface area contributed by atoms with Crippen LogP contribution in [0.15, 0.2) is 46.9 Å². The molecule has 2 aliphatic heterocycles. The van der Waals surface area contributed by atoms with Crippen molar-refractivity contribution < 1.29 is 19.4 Å². The zero-order valence-electron chi connectivity index (χ0n) is 13.3. The number of amides is 2. The highest BCUT2D eigenvalue weighted by molar-refractivity contribution is 9.10. The fourth-order valence-corrected chi connectivity index (χ4v) is 3.89. The number of fused-ring (bicyclic) bond motifs is 4. The topological polar surface area (TPSA) is 78.9 Å². The molecule has 0 unspecified atom stereocenters. The van der Waals surface area contributed by atoms with Gasteiger partial charge in [0.1, 0.15) is 5.75 Å². The van der Waals surface area contributed by atoms with E-state index in [4.69, 9.17) is 4.74 Å². The number of benzene rings is 2. The van der Waals surface area contributed by atoms with E-state index in [2.05, 4.69) is 21.2 Å². The monoisotopic (exact) mass is 402 g/mol. The molecule has 2 bridgehead atoms. The number of nitrogens with one attached hydrogen (secondary N) is 1. The zero-order valence-corrected chi connectivity index (χ0v) is 14.9. The van der Waals surface area contributed by atoms with Gasteiger partial charge in [0.05, 0.1) is 17.3 Å². The van der Waals surface area contributed by atoms with Crippen LogP contribution in [-0.4, -0.2) is 22.8 Å². The number of urea groups is 1. The van der Waals surface area contributed by atoms with Gasteiger partial charge in [-0.1, -0.05) is 22.0 Å². The Morgan fingerprint density at radius 3 is 2.92 bits per heavy atom. The van der Waals surface area contributed by atoms with Gasteiger partial charge in [-0.25, -0.2) is 9.59 Å². The van der Waals surface area contributed by atoms with Crippen LogP contribution < -0.4 is 15.0 Å². The Morgan fingerprint density at radius 2 is 2.16 bits per heavy atom. The normalized spacial score (nSPS) is 24.2. The number of rotatable bonds is 2.